The third kappa shape index (κ3) is 6.64. The number of benzene rings is 4. The Bertz CT molecular complexity index is 1490. The molecule has 1 unspecified atom stereocenters. The molecule has 4 aromatic rings. The molecular formula is C34H32N2O5. The molecule has 1 aliphatic rings. The summed E-state index contributed by atoms with van der Waals surface area (Å²) in [5.74, 6) is -1.44. The van der Waals surface area contributed by atoms with Crippen molar-refractivity contribution >= 4 is 23.7 Å². The Balaban J connectivity index is 1.16. The van der Waals surface area contributed by atoms with Gasteiger partial charge in [-0.15, -0.1) is 0 Å². The maximum Gasteiger partial charge on any atom is 0.411 e. The summed E-state index contributed by atoms with van der Waals surface area (Å²) in [6, 6.07) is 33.0. The molecule has 0 heterocycles. The average molecular weight is 549 g/mol. The maximum atomic E-state index is 13.0. The molecule has 0 saturated heterocycles. The fourth-order valence-corrected chi connectivity index (χ4v) is 5.36. The van der Waals surface area contributed by atoms with Gasteiger partial charge in [-0.25, -0.2) is 4.79 Å². The molecule has 4 aromatic carbocycles. The summed E-state index contributed by atoms with van der Waals surface area (Å²) in [6.07, 6.45) is -0.368. The van der Waals surface area contributed by atoms with Gasteiger partial charge in [0.1, 0.15) is 13.2 Å². The van der Waals surface area contributed by atoms with Gasteiger partial charge in [0.05, 0.1) is 0 Å². The normalized spacial score (nSPS) is 12.6. The fourth-order valence-electron chi connectivity index (χ4n) is 5.36. The molecule has 0 spiro atoms. The summed E-state index contributed by atoms with van der Waals surface area (Å²) >= 11 is 0. The number of ether oxygens (including phenoxy) is 1. The van der Waals surface area contributed by atoms with Gasteiger partial charge in [0.25, 0.3) is 0 Å². The molecule has 0 radical (unpaired) electrons. The topological polar surface area (TPSA) is 95.9 Å². The molecule has 0 fully saturated rings. The van der Waals surface area contributed by atoms with Gasteiger partial charge >= 0.3 is 12.1 Å². The summed E-state index contributed by atoms with van der Waals surface area (Å²) in [5, 5.41) is 12.1. The van der Waals surface area contributed by atoms with Crippen LogP contribution in [0, 0.1) is 0 Å². The summed E-state index contributed by atoms with van der Waals surface area (Å²) in [4.78, 5) is 38.4. The third-order valence-corrected chi connectivity index (χ3v) is 7.45. The number of nitrogens with zero attached hydrogens (tertiary/aromatic N) is 1. The zero-order chi connectivity index (χ0) is 28.8. The monoisotopic (exact) mass is 548 g/mol. The van der Waals surface area contributed by atoms with Crippen LogP contribution >= 0.6 is 0 Å². The van der Waals surface area contributed by atoms with Crippen LogP contribution in [0.2, 0.25) is 0 Å². The van der Waals surface area contributed by atoms with Crippen LogP contribution in [0.25, 0.3) is 11.1 Å². The molecule has 0 aliphatic heterocycles. The standard InChI is InChI=1S/C34H32N2O5/c1-23(19-32(37)36(21-33(38)39)20-24-9-3-2-4-10-24)25-15-17-26(18-16-25)35-34(40)41-22-31-29-13-7-5-11-27(29)28-12-6-8-14-30(28)31/h2-18,23,31H,19-22H2,1H3,(H,35,40)(H,38,39). The number of carboxylic acid groups (broad SMARTS) is 1. The lowest BCUT2D eigenvalue weighted by molar-refractivity contribution is -0.145. The van der Waals surface area contributed by atoms with E-state index in [2.05, 4.69) is 29.6 Å². The van der Waals surface area contributed by atoms with E-state index < -0.39 is 12.1 Å². The number of fused-ring (bicyclic) bond motifs is 3. The number of aliphatic carboxylic acids is 1. The quantitative estimate of drug-likeness (QED) is 0.231. The van der Waals surface area contributed by atoms with E-state index in [-0.39, 0.29) is 43.9 Å². The number of nitrogens with one attached hydrogen (secondary N) is 1. The third-order valence-electron chi connectivity index (χ3n) is 7.45. The van der Waals surface area contributed by atoms with Crippen LogP contribution in [0.4, 0.5) is 10.5 Å². The lowest BCUT2D eigenvalue weighted by atomic mass is 9.96. The maximum absolute atomic E-state index is 13.0. The van der Waals surface area contributed by atoms with Crippen molar-refractivity contribution in [2.45, 2.75) is 31.7 Å². The largest absolute Gasteiger partial charge is 0.480 e. The van der Waals surface area contributed by atoms with E-state index in [9.17, 15) is 19.5 Å². The zero-order valence-corrected chi connectivity index (χ0v) is 22.8. The second-order valence-corrected chi connectivity index (χ2v) is 10.3. The Hall–Kier alpha value is -4.91. The summed E-state index contributed by atoms with van der Waals surface area (Å²) in [7, 11) is 0. The summed E-state index contributed by atoms with van der Waals surface area (Å²) < 4.78 is 5.63. The lowest BCUT2D eigenvalue weighted by Gasteiger charge is -2.23. The van der Waals surface area contributed by atoms with Crippen molar-refractivity contribution in [2.24, 2.45) is 0 Å². The highest BCUT2D eigenvalue weighted by Gasteiger charge is 2.29. The highest BCUT2D eigenvalue weighted by molar-refractivity contribution is 5.85. The number of hydrogen-bond acceptors (Lipinski definition) is 4. The van der Waals surface area contributed by atoms with Gasteiger partial charge in [0.15, 0.2) is 0 Å². The minimum absolute atomic E-state index is 0.0171. The van der Waals surface area contributed by atoms with Crippen molar-refractivity contribution in [3.63, 3.8) is 0 Å². The Kier molecular flexibility index (Phi) is 8.44. The zero-order valence-electron chi connectivity index (χ0n) is 22.8. The van der Waals surface area contributed by atoms with Gasteiger partial charge in [-0.05, 0) is 51.4 Å². The average Bonchev–Trinajstić information content (AvgIpc) is 3.30. The molecule has 2 amide bonds. The van der Waals surface area contributed by atoms with Crippen molar-refractivity contribution in [3.05, 3.63) is 125 Å². The number of carbonyl (C=O) groups excluding carboxylic acids is 2. The predicted octanol–water partition coefficient (Wildman–Crippen LogP) is 6.65. The van der Waals surface area contributed by atoms with Gasteiger partial charge in [0, 0.05) is 24.6 Å². The van der Waals surface area contributed by atoms with Crippen LogP contribution in [-0.2, 0) is 20.9 Å². The number of rotatable bonds is 10. The van der Waals surface area contributed by atoms with E-state index in [0.29, 0.717) is 5.69 Å². The van der Waals surface area contributed by atoms with Crippen LogP contribution in [0.1, 0.15) is 47.4 Å². The molecule has 7 nitrogen and oxygen atoms in total. The molecule has 208 valence electrons. The molecular weight excluding hydrogens is 516 g/mol. The lowest BCUT2D eigenvalue weighted by Crippen LogP contribution is -2.35. The van der Waals surface area contributed by atoms with E-state index >= 15 is 0 Å². The Labute approximate surface area is 239 Å². The highest BCUT2D eigenvalue weighted by Crippen LogP contribution is 2.44. The summed E-state index contributed by atoms with van der Waals surface area (Å²) in [6.45, 7) is 2.03. The first-order chi connectivity index (χ1) is 19.9. The summed E-state index contributed by atoms with van der Waals surface area (Å²) in [5.41, 5.74) is 7.02. The molecule has 7 heteroatoms. The van der Waals surface area contributed by atoms with Crippen LogP contribution in [0.15, 0.2) is 103 Å². The first-order valence-corrected chi connectivity index (χ1v) is 13.6. The second kappa shape index (κ2) is 12.5. The number of carboxylic acids is 1. The molecule has 1 aliphatic carbocycles. The van der Waals surface area contributed by atoms with E-state index in [1.807, 2.05) is 73.7 Å². The Morgan fingerprint density at radius 1 is 0.829 bits per heavy atom. The van der Waals surface area contributed by atoms with Gasteiger partial charge in [0.2, 0.25) is 5.91 Å². The first kappa shape index (κ1) is 27.6. The molecule has 1 atom stereocenters. The predicted molar refractivity (Wildman–Crippen MR) is 158 cm³/mol. The van der Waals surface area contributed by atoms with Crippen LogP contribution in [0.3, 0.4) is 0 Å². The van der Waals surface area contributed by atoms with Crippen molar-refractivity contribution in [1.82, 2.24) is 4.90 Å². The van der Waals surface area contributed by atoms with Gasteiger partial charge in [-0.1, -0.05) is 97.9 Å². The second-order valence-electron chi connectivity index (χ2n) is 10.3. The minimum atomic E-state index is -1.05. The van der Waals surface area contributed by atoms with E-state index in [4.69, 9.17) is 4.74 Å². The van der Waals surface area contributed by atoms with Gasteiger partial charge in [-0.2, -0.15) is 0 Å². The number of carbonyl (C=O) groups is 3. The van der Waals surface area contributed by atoms with E-state index in [0.717, 1.165) is 22.3 Å². The smallest absolute Gasteiger partial charge is 0.411 e. The van der Waals surface area contributed by atoms with Crippen molar-refractivity contribution in [2.75, 3.05) is 18.5 Å². The molecule has 0 saturated carbocycles. The molecule has 0 aromatic heterocycles. The van der Waals surface area contributed by atoms with E-state index in [1.54, 1.807) is 12.1 Å². The highest BCUT2D eigenvalue weighted by atomic mass is 16.5. The van der Waals surface area contributed by atoms with Crippen LogP contribution in [-0.4, -0.2) is 41.1 Å². The van der Waals surface area contributed by atoms with Gasteiger partial charge in [-0.3, -0.25) is 14.9 Å². The van der Waals surface area contributed by atoms with Crippen LogP contribution < -0.4 is 5.32 Å². The molecule has 2 N–H and O–H groups in total. The number of amides is 2. The SMILES string of the molecule is CC(CC(=O)N(CC(=O)O)Cc1ccccc1)c1ccc(NC(=O)OCC2c3ccccc3-c3ccccc32)cc1. The number of anilines is 1. The molecule has 0 bridgehead atoms. The molecule has 5 rings (SSSR count). The van der Waals surface area contributed by atoms with E-state index in [1.165, 1.54) is 16.0 Å². The number of hydrogen-bond donors (Lipinski definition) is 2. The van der Waals surface area contributed by atoms with Gasteiger partial charge < -0.3 is 14.7 Å². The first-order valence-electron chi connectivity index (χ1n) is 13.6. The Morgan fingerprint density at radius 2 is 1.41 bits per heavy atom. The molecule has 41 heavy (non-hydrogen) atoms. The Morgan fingerprint density at radius 3 is 2.02 bits per heavy atom. The minimum Gasteiger partial charge on any atom is -0.480 e. The van der Waals surface area contributed by atoms with Crippen LogP contribution in [0.5, 0.6) is 0 Å². The van der Waals surface area contributed by atoms with Crippen molar-refractivity contribution in [1.29, 1.82) is 0 Å². The van der Waals surface area contributed by atoms with Crippen molar-refractivity contribution in [3.8, 4) is 11.1 Å². The van der Waals surface area contributed by atoms with Crippen molar-refractivity contribution < 1.29 is 24.2 Å². The fraction of sp³-hybridized carbons (Fsp3) is 0.206.